The summed E-state index contributed by atoms with van der Waals surface area (Å²) in [5.74, 6) is -1.14. The Kier molecular flexibility index (Phi) is 7.17. The number of carboxylic acid groups (broad SMARTS) is 1. The number of carbonyl (C=O) groups excluding carboxylic acids is 1. The molecule has 3 aromatic rings. The summed E-state index contributed by atoms with van der Waals surface area (Å²) in [5.41, 5.74) is 11.4. The zero-order chi connectivity index (χ0) is 20.7. The molecule has 2 aromatic heterocycles. The minimum absolute atomic E-state index is 0.164. The third-order valence-electron chi connectivity index (χ3n) is 2.98. The average molecular weight is 409 g/mol. The Balaban J connectivity index is 0.000000640. The van der Waals surface area contributed by atoms with Crippen LogP contribution < -0.4 is 11.5 Å². The predicted molar refractivity (Wildman–Crippen MR) is 94.9 cm³/mol. The number of carbonyl (C=O) groups is 2. The number of halogens is 1. The summed E-state index contributed by atoms with van der Waals surface area (Å²) in [6.45, 7) is 1.25. The first-order chi connectivity index (χ1) is 13.3. The Morgan fingerprint density at radius 2 is 1.93 bits per heavy atom. The lowest BCUT2D eigenvalue weighted by Gasteiger charge is -2.08. The first-order valence-electron chi connectivity index (χ1n) is 7.66. The molecule has 0 radical (unpaired) electrons. The molecule has 13 heteroatoms. The maximum atomic E-state index is 13.1. The van der Waals surface area contributed by atoms with Crippen LogP contribution in [-0.4, -0.2) is 41.9 Å². The van der Waals surface area contributed by atoms with Crippen LogP contribution in [0.3, 0.4) is 0 Å². The van der Waals surface area contributed by atoms with Gasteiger partial charge in [0, 0.05) is 12.6 Å². The predicted octanol–water partition coefficient (Wildman–Crippen LogP) is 0.730. The lowest BCUT2D eigenvalue weighted by Crippen LogP contribution is -2.12. The van der Waals surface area contributed by atoms with Crippen molar-refractivity contribution >= 4 is 23.6 Å². The molecule has 0 saturated carbocycles. The maximum absolute atomic E-state index is 13.1. The van der Waals surface area contributed by atoms with Crippen LogP contribution in [0.1, 0.15) is 29.3 Å². The summed E-state index contributed by atoms with van der Waals surface area (Å²) >= 11 is 1.25. The fraction of sp³-hybridized carbons (Fsp3) is 0.200. The fourth-order valence-electron chi connectivity index (χ4n) is 1.92. The number of nitrogens with zero attached hydrogens (tertiary/aromatic N) is 5. The van der Waals surface area contributed by atoms with E-state index in [0.717, 1.165) is 6.92 Å². The number of carboxylic acids is 1. The van der Waals surface area contributed by atoms with E-state index in [1.807, 2.05) is 0 Å². The molecule has 0 bridgehead atoms. The third kappa shape index (κ3) is 5.59. The molecule has 0 saturated heterocycles. The minimum Gasteiger partial charge on any atom is -0.481 e. The standard InChI is InChI=1S/C13H12FN7O2S.C2H4O2/c14-7-1-3-8(4-2-7)21-9(5-15)18-19-13(21)24-6-10-17-12(11(16)22)20-23-10;1-2(3)4/h1-4H,5-6,15H2,(H2,16,22);1H3,(H,3,4). The van der Waals surface area contributed by atoms with Gasteiger partial charge in [-0.25, -0.2) is 4.39 Å². The van der Waals surface area contributed by atoms with Crippen LogP contribution in [-0.2, 0) is 17.1 Å². The second kappa shape index (κ2) is 9.57. The van der Waals surface area contributed by atoms with Crippen molar-refractivity contribution in [1.82, 2.24) is 24.9 Å². The molecule has 28 heavy (non-hydrogen) atoms. The van der Waals surface area contributed by atoms with Gasteiger partial charge in [0.1, 0.15) is 5.82 Å². The van der Waals surface area contributed by atoms with Crippen LogP contribution in [0.2, 0.25) is 0 Å². The van der Waals surface area contributed by atoms with E-state index in [2.05, 4.69) is 20.3 Å². The van der Waals surface area contributed by atoms with Crippen molar-refractivity contribution in [2.75, 3.05) is 0 Å². The Labute approximate surface area is 161 Å². The zero-order valence-corrected chi connectivity index (χ0v) is 15.4. The molecule has 1 amide bonds. The highest BCUT2D eigenvalue weighted by molar-refractivity contribution is 7.98. The molecular weight excluding hydrogens is 393 g/mol. The topological polar surface area (TPSA) is 176 Å². The molecule has 1 aromatic carbocycles. The Hall–Kier alpha value is -3.32. The molecule has 5 N–H and O–H groups in total. The van der Waals surface area contributed by atoms with Gasteiger partial charge in [-0.3, -0.25) is 14.2 Å². The van der Waals surface area contributed by atoms with E-state index in [9.17, 15) is 9.18 Å². The van der Waals surface area contributed by atoms with Gasteiger partial charge in [0.25, 0.3) is 17.7 Å². The second-order valence-corrected chi connectivity index (χ2v) is 6.04. The monoisotopic (exact) mass is 409 g/mol. The summed E-state index contributed by atoms with van der Waals surface area (Å²) in [5, 5.41) is 19.5. The van der Waals surface area contributed by atoms with Gasteiger partial charge < -0.3 is 21.1 Å². The largest absolute Gasteiger partial charge is 0.481 e. The molecule has 0 unspecified atom stereocenters. The van der Waals surface area contributed by atoms with Crippen molar-refractivity contribution in [3.8, 4) is 5.69 Å². The van der Waals surface area contributed by atoms with E-state index in [1.165, 1.54) is 23.9 Å². The number of thioether (sulfide) groups is 1. The smallest absolute Gasteiger partial charge is 0.300 e. The van der Waals surface area contributed by atoms with E-state index in [1.54, 1.807) is 16.7 Å². The number of aromatic nitrogens is 5. The lowest BCUT2D eigenvalue weighted by molar-refractivity contribution is -0.134. The van der Waals surface area contributed by atoms with Crippen LogP contribution in [0, 0.1) is 5.82 Å². The molecule has 0 aliphatic carbocycles. The summed E-state index contributed by atoms with van der Waals surface area (Å²) in [7, 11) is 0. The molecule has 11 nitrogen and oxygen atoms in total. The molecule has 0 spiro atoms. The Morgan fingerprint density at radius 1 is 1.29 bits per heavy atom. The molecule has 0 aliphatic heterocycles. The fourth-order valence-corrected chi connectivity index (χ4v) is 2.72. The maximum Gasteiger partial charge on any atom is 0.300 e. The van der Waals surface area contributed by atoms with Gasteiger partial charge in [-0.05, 0) is 24.3 Å². The van der Waals surface area contributed by atoms with E-state index >= 15 is 0 Å². The third-order valence-corrected chi connectivity index (χ3v) is 3.89. The number of hydrogen-bond donors (Lipinski definition) is 3. The highest BCUT2D eigenvalue weighted by Crippen LogP contribution is 2.24. The highest BCUT2D eigenvalue weighted by atomic mass is 32.2. The van der Waals surface area contributed by atoms with E-state index in [-0.39, 0.29) is 29.8 Å². The lowest BCUT2D eigenvalue weighted by atomic mass is 10.3. The van der Waals surface area contributed by atoms with Crippen molar-refractivity contribution in [1.29, 1.82) is 0 Å². The molecule has 0 aliphatic rings. The van der Waals surface area contributed by atoms with Gasteiger partial charge in [-0.2, -0.15) is 4.98 Å². The van der Waals surface area contributed by atoms with Gasteiger partial charge in [0.2, 0.25) is 5.89 Å². The Bertz CT molecular complexity index is 954. The van der Waals surface area contributed by atoms with Crippen LogP contribution in [0.15, 0.2) is 33.9 Å². The van der Waals surface area contributed by atoms with Crippen molar-refractivity contribution in [3.05, 3.63) is 47.6 Å². The first-order valence-corrected chi connectivity index (χ1v) is 8.65. The first kappa shape index (κ1) is 21.0. The number of aliphatic carboxylic acids is 1. The summed E-state index contributed by atoms with van der Waals surface area (Å²) in [6, 6.07) is 5.86. The van der Waals surface area contributed by atoms with E-state index < -0.39 is 11.9 Å². The van der Waals surface area contributed by atoms with Crippen LogP contribution in [0.25, 0.3) is 5.69 Å². The van der Waals surface area contributed by atoms with Gasteiger partial charge in [-0.1, -0.05) is 16.9 Å². The number of amides is 1. The average Bonchev–Trinajstić information content (AvgIpc) is 3.27. The van der Waals surface area contributed by atoms with Gasteiger partial charge in [-0.15, -0.1) is 10.2 Å². The number of primary amides is 1. The number of rotatable bonds is 6. The second-order valence-electron chi connectivity index (χ2n) is 5.10. The highest BCUT2D eigenvalue weighted by Gasteiger charge is 2.16. The van der Waals surface area contributed by atoms with Crippen molar-refractivity contribution < 1.29 is 23.6 Å². The van der Waals surface area contributed by atoms with Crippen molar-refractivity contribution in [3.63, 3.8) is 0 Å². The van der Waals surface area contributed by atoms with Crippen LogP contribution >= 0.6 is 11.8 Å². The van der Waals surface area contributed by atoms with Gasteiger partial charge in [0.05, 0.1) is 12.3 Å². The molecular formula is C15H16FN7O4S. The summed E-state index contributed by atoms with van der Waals surface area (Å²) < 4.78 is 19.7. The minimum atomic E-state index is -0.833. The summed E-state index contributed by atoms with van der Waals surface area (Å²) in [4.78, 5) is 23.8. The van der Waals surface area contributed by atoms with Gasteiger partial charge in [0.15, 0.2) is 11.0 Å². The molecule has 148 valence electrons. The quantitative estimate of drug-likeness (QED) is 0.492. The van der Waals surface area contributed by atoms with Crippen LogP contribution in [0.4, 0.5) is 4.39 Å². The van der Waals surface area contributed by atoms with Crippen molar-refractivity contribution in [2.24, 2.45) is 11.5 Å². The number of nitrogens with two attached hydrogens (primary N) is 2. The van der Waals surface area contributed by atoms with E-state index in [4.69, 9.17) is 25.9 Å². The number of benzene rings is 1. The number of hydrogen-bond acceptors (Lipinski definition) is 9. The van der Waals surface area contributed by atoms with Crippen LogP contribution in [0.5, 0.6) is 0 Å². The normalized spacial score (nSPS) is 10.2. The summed E-state index contributed by atoms with van der Waals surface area (Å²) in [6.07, 6.45) is 0. The van der Waals surface area contributed by atoms with Crippen molar-refractivity contribution in [2.45, 2.75) is 24.4 Å². The Morgan fingerprint density at radius 3 is 2.46 bits per heavy atom. The SMILES string of the molecule is CC(=O)O.NCc1nnc(SCc2nc(C(N)=O)no2)n1-c1ccc(F)cc1. The molecule has 0 fully saturated rings. The molecule has 3 rings (SSSR count). The molecule has 2 heterocycles. The van der Waals surface area contributed by atoms with Gasteiger partial charge >= 0.3 is 0 Å². The zero-order valence-electron chi connectivity index (χ0n) is 14.6. The molecule has 0 atom stereocenters. The van der Waals surface area contributed by atoms with E-state index in [0.29, 0.717) is 16.7 Å².